The van der Waals surface area contributed by atoms with Crippen molar-refractivity contribution < 1.29 is 13.9 Å². The first-order valence-corrected chi connectivity index (χ1v) is 6.74. The van der Waals surface area contributed by atoms with Gasteiger partial charge in [-0.2, -0.15) is 0 Å². The molecule has 0 amide bonds. The van der Waals surface area contributed by atoms with Gasteiger partial charge in [-0.3, -0.25) is 4.79 Å². The molecule has 0 saturated carbocycles. The Hall–Kier alpha value is -1.78. The van der Waals surface area contributed by atoms with E-state index in [0.29, 0.717) is 11.4 Å². The molecular formula is C15H12Cl2FNO2. The van der Waals surface area contributed by atoms with Crippen LogP contribution in [0.15, 0.2) is 24.3 Å². The van der Waals surface area contributed by atoms with Crippen LogP contribution < -0.4 is 10.5 Å². The maximum Gasteiger partial charge on any atom is 0.197 e. The van der Waals surface area contributed by atoms with Crippen molar-refractivity contribution in [2.24, 2.45) is 0 Å². The molecule has 0 aliphatic heterocycles. The van der Waals surface area contributed by atoms with Crippen molar-refractivity contribution in [3.05, 3.63) is 56.8 Å². The maximum atomic E-state index is 14.1. The molecule has 6 heteroatoms. The summed E-state index contributed by atoms with van der Waals surface area (Å²) >= 11 is 12.0. The van der Waals surface area contributed by atoms with Crippen LogP contribution in [0.25, 0.3) is 0 Å². The number of carbonyl (C=O) groups is 1. The number of aryl methyl sites for hydroxylation is 1. The van der Waals surface area contributed by atoms with Gasteiger partial charge in [-0.15, -0.1) is 0 Å². The molecule has 0 aliphatic rings. The minimum atomic E-state index is -0.628. The second-order valence-electron chi connectivity index (χ2n) is 4.50. The van der Waals surface area contributed by atoms with Crippen LogP contribution >= 0.6 is 23.2 Å². The predicted molar refractivity (Wildman–Crippen MR) is 82.0 cm³/mol. The average Bonchev–Trinajstić information content (AvgIpc) is 2.44. The van der Waals surface area contributed by atoms with Crippen molar-refractivity contribution in [2.75, 3.05) is 12.8 Å². The highest BCUT2D eigenvalue weighted by Crippen LogP contribution is 2.33. The molecule has 2 rings (SSSR count). The Labute approximate surface area is 131 Å². The van der Waals surface area contributed by atoms with Crippen LogP contribution in [0.3, 0.4) is 0 Å². The van der Waals surface area contributed by atoms with Gasteiger partial charge in [0.25, 0.3) is 0 Å². The highest BCUT2D eigenvalue weighted by molar-refractivity contribution is 6.37. The van der Waals surface area contributed by atoms with Crippen LogP contribution in [0, 0.1) is 12.7 Å². The second-order valence-corrected chi connectivity index (χ2v) is 5.31. The van der Waals surface area contributed by atoms with E-state index >= 15 is 0 Å². The van der Waals surface area contributed by atoms with E-state index in [4.69, 9.17) is 33.7 Å². The van der Waals surface area contributed by atoms with Gasteiger partial charge < -0.3 is 10.5 Å². The molecule has 0 bridgehead atoms. The monoisotopic (exact) mass is 327 g/mol. The van der Waals surface area contributed by atoms with Gasteiger partial charge in [-0.05, 0) is 30.7 Å². The molecule has 0 aromatic heterocycles. The summed E-state index contributed by atoms with van der Waals surface area (Å²) in [6.45, 7) is 1.53. The Morgan fingerprint density at radius 3 is 2.43 bits per heavy atom. The molecule has 0 heterocycles. The van der Waals surface area contributed by atoms with Crippen LogP contribution in [-0.2, 0) is 0 Å². The normalized spacial score (nSPS) is 10.5. The van der Waals surface area contributed by atoms with E-state index < -0.39 is 11.6 Å². The summed E-state index contributed by atoms with van der Waals surface area (Å²) in [4.78, 5) is 12.5. The van der Waals surface area contributed by atoms with Gasteiger partial charge in [0, 0.05) is 17.3 Å². The molecule has 2 aromatic carbocycles. The first kappa shape index (κ1) is 15.6. The number of rotatable bonds is 3. The summed E-state index contributed by atoms with van der Waals surface area (Å²) in [6, 6.07) is 5.49. The van der Waals surface area contributed by atoms with Gasteiger partial charge in [0.15, 0.2) is 5.78 Å². The molecule has 2 aromatic rings. The Morgan fingerprint density at radius 2 is 1.81 bits per heavy atom. The minimum Gasteiger partial charge on any atom is -0.495 e. The number of ether oxygens (including phenoxy) is 1. The lowest BCUT2D eigenvalue weighted by molar-refractivity contribution is 0.103. The Kier molecular flexibility index (Phi) is 4.40. The molecule has 2 N–H and O–H groups in total. The molecule has 21 heavy (non-hydrogen) atoms. The van der Waals surface area contributed by atoms with E-state index in [-0.39, 0.29) is 26.7 Å². The topological polar surface area (TPSA) is 52.3 Å². The van der Waals surface area contributed by atoms with Gasteiger partial charge in [0.2, 0.25) is 0 Å². The molecule has 3 nitrogen and oxygen atoms in total. The smallest absolute Gasteiger partial charge is 0.197 e. The summed E-state index contributed by atoms with van der Waals surface area (Å²) in [5.41, 5.74) is 6.19. The highest BCUT2D eigenvalue weighted by Gasteiger charge is 2.20. The van der Waals surface area contributed by atoms with Crippen LogP contribution in [0.4, 0.5) is 10.1 Å². The number of anilines is 1. The van der Waals surface area contributed by atoms with E-state index in [1.54, 1.807) is 0 Å². The number of benzene rings is 2. The molecular weight excluding hydrogens is 316 g/mol. The number of carbonyl (C=O) groups excluding carboxylic acids is 1. The number of hydrogen-bond donors (Lipinski definition) is 1. The van der Waals surface area contributed by atoms with E-state index in [0.717, 1.165) is 0 Å². The van der Waals surface area contributed by atoms with Gasteiger partial charge >= 0.3 is 0 Å². The number of methoxy groups -OCH3 is 1. The first-order chi connectivity index (χ1) is 9.85. The zero-order valence-corrected chi connectivity index (χ0v) is 12.8. The lowest BCUT2D eigenvalue weighted by Crippen LogP contribution is -2.08. The minimum absolute atomic E-state index is 0.0892. The molecule has 110 valence electrons. The molecule has 0 spiro atoms. The average molecular weight is 328 g/mol. The lowest BCUT2D eigenvalue weighted by atomic mass is 10.00. The Bertz CT molecular complexity index is 732. The van der Waals surface area contributed by atoms with E-state index in [1.807, 2.05) is 0 Å². The third-order valence-electron chi connectivity index (χ3n) is 3.01. The quantitative estimate of drug-likeness (QED) is 0.676. The molecule has 0 atom stereocenters. The maximum absolute atomic E-state index is 14.1. The number of hydrogen-bond acceptors (Lipinski definition) is 3. The predicted octanol–water partition coefficient (Wildman–Crippen LogP) is 4.26. The second kappa shape index (κ2) is 5.92. The summed E-state index contributed by atoms with van der Waals surface area (Å²) < 4.78 is 19.1. The van der Waals surface area contributed by atoms with E-state index in [9.17, 15) is 9.18 Å². The van der Waals surface area contributed by atoms with E-state index in [1.165, 1.54) is 38.3 Å². The van der Waals surface area contributed by atoms with Gasteiger partial charge in [-0.25, -0.2) is 4.39 Å². The third-order valence-corrected chi connectivity index (χ3v) is 3.62. The van der Waals surface area contributed by atoms with Gasteiger partial charge in [0.1, 0.15) is 11.6 Å². The van der Waals surface area contributed by atoms with Gasteiger partial charge in [0.05, 0.1) is 22.7 Å². The third kappa shape index (κ3) is 2.96. The summed E-state index contributed by atoms with van der Waals surface area (Å²) in [7, 11) is 1.43. The lowest BCUT2D eigenvalue weighted by Gasteiger charge is -2.10. The largest absolute Gasteiger partial charge is 0.495 e. The van der Waals surface area contributed by atoms with Crippen molar-refractivity contribution in [1.82, 2.24) is 0 Å². The summed E-state index contributed by atoms with van der Waals surface area (Å²) in [6.07, 6.45) is 0. The Morgan fingerprint density at radius 1 is 1.14 bits per heavy atom. The molecule has 0 radical (unpaired) electrons. The summed E-state index contributed by atoms with van der Waals surface area (Å²) in [5.74, 6) is -0.878. The zero-order valence-electron chi connectivity index (χ0n) is 11.3. The first-order valence-electron chi connectivity index (χ1n) is 5.98. The highest BCUT2D eigenvalue weighted by atomic mass is 35.5. The van der Waals surface area contributed by atoms with Crippen LogP contribution in [-0.4, -0.2) is 12.9 Å². The van der Waals surface area contributed by atoms with Gasteiger partial charge in [-0.1, -0.05) is 23.2 Å². The molecule has 0 saturated heterocycles. The standard InChI is InChI=1S/C15H12Cl2FNO2/c1-7-3-8(19)4-10(14(7)18)15(20)9-5-12(17)13(21-2)6-11(9)16/h3-6H,19H2,1-2H3. The van der Waals surface area contributed by atoms with Crippen molar-refractivity contribution in [3.8, 4) is 5.75 Å². The molecule has 0 aliphatic carbocycles. The van der Waals surface area contributed by atoms with Crippen molar-refractivity contribution in [2.45, 2.75) is 6.92 Å². The number of ketones is 1. The Balaban J connectivity index is 2.58. The number of nitrogens with two attached hydrogens (primary N) is 1. The van der Waals surface area contributed by atoms with Crippen LogP contribution in [0.5, 0.6) is 5.75 Å². The number of nitrogen functional groups attached to an aromatic ring is 1. The van der Waals surface area contributed by atoms with Crippen molar-refractivity contribution >= 4 is 34.7 Å². The number of halogens is 3. The SMILES string of the molecule is COc1cc(Cl)c(C(=O)c2cc(N)cc(C)c2F)cc1Cl. The van der Waals surface area contributed by atoms with Crippen molar-refractivity contribution in [3.63, 3.8) is 0 Å². The fourth-order valence-corrected chi connectivity index (χ4v) is 2.45. The van der Waals surface area contributed by atoms with Crippen LogP contribution in [0.1, 0.15) is 21.5 Å². The zero-order chi connectivity index (χ0) is 15.7. The molecule has 0 unspecified atom stereocenters. The van der Waals surface area contributed by atoms with Crippen LogP contribution in [0.2, 0.25) is 10.0 Å². The van der Waals surface area contributed by atoms with E-state index in [2.05, 4.69) is 0 Å². The summed E-state index contributed by atoms with van der Waals surface area (Å²) in [5, 5.41) is 0.340. The fraction of sp³-hybridized carbons (Fsp3) is 0.133. The fourth-order valence-electron chi connectivity index (χ4n) is 1.97. The molecule has 0 fully saturated rings. The van der Waals surface area contributed by atoms with Crippen molar-refractivity contribution in [1.29, 1.82) is 0 Å².